The third kappa shape index (κ3) is 0.991. The molecule has 0 amide bonds. The highest BCUT2D eigenvalue weighted by Gasteiger charge is 1.99. The third-order valence-corrected chi connectivity index (χ3v) is 2.08. The molecule has 0 aliphatic heterocycles. The molecule has 0 bridgehead atoms. The third-order valence-electron chi connectivity index (χ3n) is 1.47. The fourth-order valence-corrected chi connectivity index (χ4v) is 1.38. The van der Waals surface area contributed by atoms with Crippen LogP contribution in [0.2, 0.25) is 0 Å². The molecule has 56 valence electrons. The van der Waals surface area contributed by atoms with Gasteiger partial charge in [-0.15, -0.1) is 0 Å². The van der Waals surface area contributed by atoms with E-state index in [2.05, 4.69) is 20.9 Å². The van der Waals surface area contributed by atoms with Crippen molar-refractivity contribution in [1.82, 2.24) is 9.38 Å². The van der Waals surface area contributed by atoms with Gasteiger partial charge in [-0.2, -0.15) is 0 Å². The second-order valence-corrected chi connectivity index (χ2v) is 2.97. The zero-order valence-electron chi connectivity index (χ0n) is 5.53. The van der Waals surface area contributed by atoms with Crippen LogP contribution in [0.3, 0.4) is 0 Å². The number of imidazole rings is 1. The highest BCUT2D eigenvalue weighted by Crippen LogP contribution is 2.18. The molecule has 0 saturated carbocycles. The lowest BCUT2D eigenvalue weighted by atomic mass is 10.4. The van der Waals surface area contributed by atoms with E-state index in [1.165, 1.54) is 0 Å². The van der Waals surface area contributed by atoms with Crippen molar-refractivity contribution in [2.75, 3.05) is 0 Å². The molecule has 2 aromatic heterocycles. The molecule has 0 radical (unpaired) electrons. The quantitative estimate of drug-likeness (QED) is 0.724. The molecule has 0 aromatic carbocycles. The fourth-order valence-electron chi connectivity index (χ4n) is 0.955. The van der Waals surface area contributed by atoms with Crippen LogP contribution in [0.15, 0.2) is 29.3 Å². The minimum Gasteiger partial charge on any atom is -0.506 e. The molecule has 2 heterocycles. The van der Waals surface area contributed by atoms with Crippen molar-refractivity contribution in [3.63, 3.8) is 0 Å². The van der Waals surface area contributed by atoms with Crippen LogP contribution in [0.25, 0.3) is 5.52 Å². The van der Waals surface area contributed by atoms with Gasteiger partial charge in [0.25, 0.3) is 0 Å². The van der Waals surface area contributed by atoms with Crippen molar-refractivity contribution in [1.29, 1.82) is 0 Å². The van der Waals surface area contributed by atoms with E-state index in [4.69, 9.17) is 5.11 Å². The molecule has 2 rings (SSSR count). The molecule has 0 atom stereocenters. The van der Waals surface area contributed by atoms with Crippen LogP contribution in [0, 0.1) is 0 Å². The van der Waals surface area contributed by atoms with E-state index < -0.39 is 0 Å². The summed E-state index contributed by atoms with van der Waals surface area (Å²) in [7, 11) is 0. The monoisotopic (exact) mass is 212 g/mol. The van der Waals surface area contributed by atoms with E-state index in [1.807, 2.05) is 0 Å². The molecule has 3 nitrogen and oxygen atoms in total. The van der Waals surface area contributed by atoms with Crippen LogP contribution in [0.5, 0.6) is 5.75 Å². The Balaban J connectivity index is 2.86. The molecule has 0 saturated heterocycles. The smallest absolute Gasteiger partial charge is 0.132 e. The number of aromatic nitrogens is 2. The van der Waals surface area contributed by atoms with Gasteiger partial charge in [-0.25, -0.2) is 4.98 Å². The van der Waals surface area contributed by atoms with Crippen LogP contribution in [0.1, 0.15) is 0 Å². The number of nitrogens with zero attached hydrogens (tertiary/aromatic N) is 2. The highest BCUT2D eigenvalue weighted by atomic mass is 79.9. The van der Waals surface area contributed by atoms with Gasteiger partial charge in [0.15, 0.2) is 0 Å². The molecule has 1 N–H and O–H groups in total. The average molecular weight is 213 g/mol. The van der Waals surface area contributed by atoms with Gasteiger partial charge in [-0.05, 0) is 28.1 Å². The Morgan fingerprint density at radius 2 is 2.27 bits per heavy atom. The van der Waals surface area contributed by atoms with Gasteiger partial charge in [-0.3, -0.25) is 0 Å². The normalized spacial score (nSPS) is 10.6. The van der Waals surface area contributed by atoms with Crippen LogP contribution in [-0.4, -0.2) is 14.5 Å². The molecule has 0 spiro atoms. The average Bonchev–Trinajstić information content (AvgIpc) is 2.32. The van der Waals surface area contributed by atoms with Crippen molar-refractivity contribution >= 4 is 21.4 Å². The lowest BCUT2D eigenvalue weighted by Gasteiger charge is -1.93. The summed E-state index contributed by atoms with van der Waals surface area (Å²) in [5, 5.41) is 9.08. The molecule has 0 aliphatic rings. The molecule has 0 unspecified atom stereocenters. The van der Waals surface area contributed by atoms with Crippen molar-refractivity contribution in [2.45, 2.75) is 0 Å². The summed E-state index contributed by atoms with van der Waals surface area (Å²) in [5.74, 6) is 0.238. The maximum Gasteiger partial charge on any atom is 0.132 e. The first-order valence-corrected chi connectivity index (χ1v) is 3.88. The van der Waals surface area contributed by atoms with Gasteiger partial charge >= 0.3 is 0 Å². The number of hydrogen-bond acceptors (Lipinski definition) is 2. The maximum absolute atomic E-state index is 9.08. The second kappa shape index (κ2) is 2.23. The topological polar surface area (TPSA) is 37.5 Å². The Labute approximate surface area is 71.4 Å². The first kappa shape index (κ1) is 6.67. The van der Waals surface area contributed by atoms with Crippen molar-refractivity contribution in [3.8, 4) is 5.75 Å². The summed E-state index contributed by atoms with van der Waals surface area (Å²) in [6.45, 7) is 0. The molecular formula is C7H5BrN2O. The number of halogens is 1. The molecule has 11 heavy (non-hydrogen) atoms. The highest BCUT2D eigenvalue weighted by molar-refractivity contribution is 9.10. The molecule has 0 fully saturated rings. The van der Waals surface area contributed by atoms with E-state index >= 15 is 0 Å². The van der Waals surface area contributed by atoms with E-state index in [0.717, 1.165) is 10.1 Å². The first-order chi connectivity index (χ1) is 5.27. The molecule has 2 aromatic rings. The van der Waals surface area contributed by atoms with Gasteiger partial charge in [0, 0.05) is 0 Å². The van der Waals surface area contributed by atoms with Crippen molar-refractivity contribution in [2.24, 2.45) is 0 Å². The predicted molar refractivity (Wildman–Crippen MR) is 44.6 cm³/mol. The van der Waals surface area contributed by atoms with Gasteiger partial charge in [-0.1, -0.05) is 0 Å². The number of fused-ring (bicyclic) bond motifs is 1. The van der Waals surface area contributed by atoms with Gasteiger partial charge in [0.1, 0.15) is 16.7 Å². The summed E-state index contributed by atoms with van der Waals surface area (Å²) in [6, 6.07) is 3.42. The van der Waals surface area contributed by atoms with Gasteiger partial charge in [0.05, 0.1) is 11.7 Å². The van der Waals surface area contributed by atoms with E-state index in [1.54, 1.807) is 29.1 Å². The minimum absolute atomic E-state index is 0.238. The summed E-state index contributed by atoms with van der Waals surface area (Å²) < 4.78 is 2.54. The Morgan fingerprint density at radius 1 is 1.45 bits per heavy atom. The maximum atomic E-state index is 9.08. The lowest BCUT2D eigenvalue weighted by Crippen LogP contribution is -1.78. The van der Waals surface area contributed by atoms with Crippen LogP contribution in [0.4, 0.5) is 0 Å². The zero-order valence-corrected chi connectivity index (χ0v) is 7.12. The number of hydrogen-bond donors (Lipinski definition) is 1. The number of pyridine rings is 1. The van der Waals surface area contributed by atoms with E-state index in [-0.39, 0.29) is 5.75 Å². The Morgan fingerprint density at radius 3 is 3.09 bits per heavy atom. The van der Waals surface area contributed by atoms with Crippen LogP contribution >= 0.6 is 15.9 Å². The summed E-state index contributed by atoms with van der Waals surface area (Å²) >= 11 is 3.28. The van der Waals surface area contributed by atoms with E-state index in [0.29, 0.717) is 0 Å². The Hall–Kier alpha value is -1.03. The largest absolute Gasteiger partial charge is 0.506 e. The predicted octanol–water partition coefficient (Wildman–Crippen LogP) is 1.80. The summed E-state index contributed by atoms with van der Waals surface area (Å²) in [6.07, 6.45) is 3.24. The summed E-state index contributed by atoms with van der Waals surface area (Å²) in [5.41, 5.74) is 0.947. The van der Waals surface area contributed by atoms with Gasteiger partial charge in [0.2, 0.25) is 0 Å². The van der Waals surface area contributed by atoms with Crippen LogP contribution < -0.4 is 0 Å². The lowest BCUT2D eigenvalue weighted by molar-refractivity contribution is 0.472. The minimum atomic E-state index is 0.238. The standard InChI is InChI=1S/C7H5BrN2O/c8-7-6-2-1-5(11)3-10(6)4-9-7/h1-4,11H. The first-order valence-electron chi connectivity index (χ1n) is 3.08. The molecule has 4 heteroatoms. The molecule has 0 aliphatic carbocycles. The van der Waals surface area contributed by atoms with Crippen LogP contribution in [-0.2, 0) is 0 Å². The second-order valence-electron chi connectivity index (χ2n) is 2.22. The number of aromatic hydroxyl groups is 1. The summed E-state index contributed by atoms with van der Waals surface area (Å²) in [4.78, 5) is 4.01. The Kier molecular flexibility index (Phi) is 1.35. The number of rotatable bonds is 0. The Bertz CT molecular complexity index is 396. The zero-order chi connectivity index (χ0) is 7.84. The fraction of sp³-hybridized carbons (Fsp3) is 0. The SMILES string of the molecule is Oc1ccc2c(Br)ncn2c1. The molecular weight excluding hydrogens is 208 g/mol. The van der Waals surface area contributed by atoms with Crippen molar-refractivity contribution in [3.05, 3.63) is 29.3 Å². The van der Waals surface area contributed by atoms with Crippen molar-refractivity contribution < 1.29 is 5.11 Å². The van der Waals surface area contributed by atoms with Gasteiger partial charge < -0.3 is 9.51 Å². The van der Waals surface area contributed by atoms with E-state index in [9.17, 15) is 0 Å².